The summed E-state index contributed by atoms with van der Waals surface area (Å²) in [6.45, 7) is 0. The third kappa shape index (κ3) is 1.38. The first-order chi connectivity index (χ1) is 3.29. The molecule has 1 aromatic rings. The van der Waals surface area contributed by atoms with Gasteiger partial charge in [-0.15, -0.1) is 17.5 Å². The molecule has 2 N–H and O–H groups in total. The number of aryl methyl sites for hydroxylation is 1. The predicted octanol–water partition coefficient (Wildman–Crippen LogP) is -0.181. The Balaban J connectivity index is 0.000000490. The maximum Gasteiger partial charge on any atom is 0.239 e. The molecule has 0 saturated carbocycles. The number of aromatic nitrogens is 3. The van der Waals surface area contributed by atoms with Crippen LogP contribution < -0.4 is 5.73 Å². The fourth-order valence-electron chi connectivity index (χ4n) is 0.356. The van der Waals surface area contributed by atoms with Crippen molar-refractivity contribution in [1.29, 1.82) is 0 Å². The quantitative estimate of drug-likeness (QED) is 0.536. The molecular weight excluding hydrogens is 128 g/mol. The average Bonchev–Trinajstić information content (AvgIpc) is 1.87. The Bertz CT molecular complexity index is 144. The maximum absolute atomic E-state index is 5.14. The zero-order valence-electron chi connectivity index (χ0n) is 4.40. The molecule has 0 unspecified atom stereocenters. The Morgan fingerprint density at radius 2 is 2.38 bits per heavy atom. The standard InChI is InChI=1S/C3H6N4.ClH/c1-7-2-5-3(4)6-7;/h2H,1H3,(H2,4,6);1H. The number of rotatable bonds is 0. The van der Waals surface area contributed by atoms with Crippen LogP contribution in [0.25, 0.3) is 0 Å². The predicted molar refractivity (Wildman–Crippen MR) is 32.7 cm³/mol. The first-order valence-corrected chi connectivity index (χ1v) is 1.90. The second-order valence-corrected chi connectivity index (χ2v) is 1.28. The topological polar surface area (TPSA) is 56.7 Å². The fraction of sp³-hybridized carbons (Fsp3) is 0.333. The minimum atomic E-state index is 0. The van der Waals surface area contributed by atoms with Gasteiger partial charge >= 0.3 is 0 Å². The molecule has 0 radical (unpaired) electrons. The molecule has 1 rings (SSSR count). The Hall–Kier alpha value is -0.770. The van der Waals surface area contributed by atoms with Gasteiger partial charge in [-0.2, -0.15) is 0 Å². The Morgan fingerprint density at radius 3 is 2.50 bits per heavy atom. The summed E-state index contributed by atoms with van der Waals surface area (Å²) in [7, 11) is 1.77. The molecule has 0 aromatic carbocycles. The minimum absolute atomic E-state index is 0. The molecule has 0 atom stereocenters. The van der Waals surface area contributed by atoms with E-state index in [2.05, 4.69) is 10.1 Å². The van der Waals surface area contributed by atoms with Crippen molar-refractivity contribution in [2.24, 2.45) is 7.05 Å². The number of nitrogens with zero attached hydrogens (tertiary/aromatic N) is 3. The highest BCUT2D eigenvalue weighted by Crippen LogP contribution is 1.82. The van der Waals surface area contributed by atoms with E-state index in [1.54, 1.807) is 18.1 Å². The lowest BCUT2D eigenvalue weighted by Crippen LogP contribution is -1.90. The zero-order valence-corrected chi connectivity index (χ0v) is 5.22. The first kappa shape index (κ1) is 7.23. The van der Waals surface area contributed by atoms with Crippen LogP contribution in [0, 0.1) is 0 Å². The van der Waals surface area contributed by atoms with Crippen LogP contribution in [0.4, 0.5) is 5.95 Å². The fourth-order valence-corrected chi connectivity index (χ4v) is 0.356. The van der Waals surface area contributed by atoms with E-state index >= 15 is 0 Å². The molecule has 0 saturated heterocycles. The summed E-state index contributed by atoms with van der Waals surface area (Å²) in [6.07, 6.45) is 1.55. The maximum atomic E-state index is 5.14. The van der Waals surface area contributed by atoms with Crippen molar-refractivity contribution in [2.75, 3.05) is 5.73 Å². The van der Waals surface area contributed by atoms with Gasteiger partial charge in [0.2, 0.25) is 5.95 Å². The van der Waals surface area contributed by atoms with Crippen molar-refractivity contribution in [3.05, 3.63) is 6.33 Å². The molecule has 0 aliphatic heterocycles. The van der Waals surface area contributed by atoms with E-state index in [-0.39, 0.29) is 12.4 Å². The highest BCUT2D eigenvalue weighted by molar-refractivity contribution is 5.85. The molecule has 5 heteroatoms. The van der Waals surface area contributed by atoms with Crippen molar-refractivity contribution in [3.63, 3.8) is 0 Å². The van der Waals surface area contributed by atoms with Gasteiger partial charge in [-0.05, 0) is 0 Å². The normalized spacial score (nSPS) is 8.12. The summed E-state index contributed by atoms with van der Waals surface area (Å²) >= 11 is 0. The largest absolute Gasteiger partial charge is 0.367 e. The summed E-state index contributed by atoms with van der Waals surface area (Å²) in [4.78, 5) is 3.65. The third-order valence-electron chi connectivity index (χ3n) is 0.617. The van der Waals surface area contributed by atoms with E-state index in [1.165, 1.54) is 0 Å². The summed E-state index contributed by atoms with van der Waals surface area (Å²) < 4.78 is 1.55. The number of halogens is 1. The van der Waals surface area contributed by atoms with E-state index in [1.807, 2.05) is 0 Å². The lowest BCUT2D eigenvalue weighted by atomic mass is 11.1. The zero-order chi connectivity index (χ0) is 5.28. The lowest BCUT2D eigenvalue weighted by Gasteiger charge is -1.76. The minimum Gasteiger partial charge on any atom is -0.367 e. The Kier molecular flexibility index (Phi) is 2.27. The smallest absolute Gasteiger partial charge is 0.239 e. The van der Waals surface area contributed by atoms with Gasteiger partial charge in [-0.25, -0.2) is 4.98 Å². The second-order valence-electron chi connectivity index (χ2n) is 1.28. The van der Waals surface area contributed by atoms with E-state index in [0.29, 0.717) is 5.95 Å². The van der Waals surface area contributed by atoms with Gasteiger partial charge in [0.1, 0.15) is 6.33 Å². The molecule has 8 heavy (non-hydrogen) atoms. The number of hydrogen-bond donors (Lipinski definition) is 1. The Labute approximate surface area is 53.1 Å². The van der Waals surface area contributed by atoms with Gasteiger partial charge in [0.25, 0.3) is 0 Å². The van der Waals surface area contributed by atoms with Gasteiger partial charge in [0.05, 0.1) is 0 Å². The molecular formula is C3H7ClN4. The van der Waals surface area contributed by atoms with Crippen LogP contribution in [0.15, 0.2) is 6.33 Å². The van der Waals surface area contributed by atoms with Crippen LogP contribution in [0.5, 0.6) is 0 Å². The SMILES string of the molecule is Cl.Cn1cnc(N)n1. The molecule has 1 heterocycles. The van der Waals surface area contributed by atoms with Crippen molar-refractivity contribution in [1.82, 2.24) is 14.8 Å². The average molecular weight is 135 g/mol. The monoisotopic (exact) mass is 134 g/mol. The van der Waals surface area contributed by atoms with E-state index in [4.69, 9.17) is 5.73 Å². The summed E-state index contributed by atoms with van der Waals surface area (Å²) in [5.41, 5.74) is 5.14. The van der Waals surface area contributed by atoms with Crippen LogP contribution in [0.3, 0.4) is 0 Å². The number of anilines is 1. The van der Waals surface area contributed by atoms with Crippen molar-refractivity contribution >= 4 is 18.4 Å². The first-order valence-electron chi connectivity index (χ1n) is 1.90. The highest BCUT2D eigenvalue weighted by Gasteiger charge is 1.84. The summed E-state index contributed by atoms with van der Waals surface area (Å²) in [5.74, 6) is 0.322. The molecule has 46 valence electrons. The van der Waals surface area contributed by atoms with Crippen molar-refractivity contribution in [3.8, 4) is 0 Å². The molecule has 0 aliphatic rings. The molecule has 0 aliphatic carbocycles. The third-order valence-corrected chi connectivity index (χ3v) is 0.617. The van der Waals surface area contributed by atoms with Gasteiger partial charge < -0.3 is 5.73 Å². The summed E-state index contributed by atoms with van der Waals surface area (Å²) in [6, 6.07) is 0. The van der Waals surface area contributed by atoms with Crippen molar-refractivity contribution in [2.45, 2.75) is 0 Å². The highest BCUT2D eigenvalue weighted by atomic mass is 35.5. The van der Waals surface area contributed by atoms with Gasteiger partial charge in [-0.3, -0.25) is 4.68 Å². The molecule has 1 aromatic heterocycles. The number of nitrogen functional groups attached to an aromatic ring is 1. The van der Waals surface area contributed by atoms with Crippen LogP contribution >= 0.6 is 12.4 Å². The molecule has 0 bridgehead atoms. The van der Waals surface area contributed by atoms with E-state index in [9.17, 15) is 0 Å². The lowest BCUT2D eigenvalue weighted by molar-refractivity contribution is 0.769. The molecule has 0 spiro atoms. The number of hydrogen-bond acceptors (Lipinski definition) is 3. The van der Waals surface area contributed by atoms with Crippen LogP contribution in [0.2, 0.25) is 0 Å². The van der Waals surface area contributed by atoms with Crippen LogP contribution in [-0.2, 0) is 7.05 Å². The van der Waals surface area contributed by atoms with Gasteiger partial charge in [0, 0.05) is 7.05 Å². The van der Waals surface area contributed by atoms with E-state index < -0.39 is 0 Å². The van der Waals surface area contributed by atoms with Crippen molar-refractivity contribution < 1.29 is 0 Å². The molecule has 4 nitrogen and oxygen atoms in total. The molecule has 0 amide bonds. The van der Waals surface area contributed by atoms with Crippen LogP contribution in [-0.4, -0.2) is 14.8 Å². The van der Waals surface area contributed by atoms with Gasteiger partial charge in [0.15, 0.2) is 0 Å². The molecule has 0 fully saturated rings. The van der Waals surface area contributed by atoms with Crippen LogP contribution in [0.1, 0.15) is 0 Å². The second kappa shape index (κ2) is 2.52. The number of nitrogens with two attached hydrogens (primary N) is 1. The van der Waals surface area contributed by atoms with Gasteiger partial charge in [-0.1, -0.05) is 0 Å². The van der Waals surface area contributed by atoms with E-state index in [0.717, 1.165) is 0 Å². The summed E-state index contributed by atoms with van der Waals surface area (Å²) in [5, 5.41) is 3.69. The Morgan fingerprint density at radius 1 is 1.75 bits per heavy atom.